The topological polar surface area (TPSA) is 79.0 Å². The van der Waals surface area contributed by atoms with Crippen molar-refractivity contribution in [2.24, 2.45) is 0 Å². The molecule has 2 aliphatic heterocycles. The van der Waals surface area contributed by atoms with Crippen molar-refractivity contribution in [2.45, 2.75) is 25.4 Å². The lowest BCUT2D eigenvalue weighted by Crippen LogP contribution is -2.52. The second-order valence-electron chi connectivity index (χ2n) is 5.98. The van der Waals surface area contributed by atoms with Gasteiger partial charge in [-0.15, -0.1) is 0 Å². The number of fused-ring (bicyclic) bond motifs is 1. The van der Waals surface area contributed by atoms with Crippen LogP contribution in [-0.4, -0.2) is 49.9 Å². The number of hydrogen-bond acceptors (Lipinski definition) is 5. The lowest BCUT2D eigenvalue weighted by molar-refractivity contribution is -0.136. The lowest BCUT2D eigenvalue weighted by Gasteiger charge is -2.29. The summed E-state index contributed by atoms with van der Waals surface area (Å²) in [5, 5.41) is 2.30. The standard InChI is InChI=1S/C16H19N3O4/c1-18(2)12-6-9-8-19(11-4-5-14(20)17-15(11)21)16(22)10(9)7-13(12)23-3/h6-7,11H,4-5,8H2,1-3H3,(H,17,20,21). The molecule has 1 N–H and O–H groups in total. The van der Waals surface area contributed by atoms with E-state index in [4.69, 9.17) is 4.74 Å². The number of carbonyl (C=O) groups excluding carboxylic acids is 3. The molecule has 23 heavy (non-hydrogen) atoms. The quantitative estimate of drug-likeness (QED) is 0.822. The predicted octanol–water partition coefficient (Wildman–Crippen LogP) is 0.522. The summed E-state index contributed by atoms with van der Waals surface area (Å²) in [5.41, 5.74) is 2.30. The molecule has 2 aliphatic rings. The second-order valence-corrected chi connectivity index (χ2v) is 5.98. The monoisotopic (exact) mass is 317 g/mol. The number of ether oxygens (including phenoxy) is 1. The molecule has 2 heterocycles. The van der Waals surface area contributed by atoms with E-state index in [1.165, 1.54) is 4.90 Å². The Balaban J connectivity index is 1.93. The number of methoxy groups -OCH3 is 1. The number of nitrogens with zero attached hydrogens (tertiary/aromatic N) is 2. The molecule has 0 aromatic heterocycles. The zero-order valence-electron chi connectivity index (χ0n) is 13.4. The van der Waals surface area contributed by atoms with Crippen molar-refractivity contribution in [3.05, 3.63) is 23.3 Å². The van der Waals surface area contributed by atoms with E-state index < -0.39 is 11.9 Å². The Kier molecular flexibility index (Phi) is 3.71. The van der Waals surface area contributed by atoms with E-state index >= 15 is 0 Å². The summed E-state index contributed by atoms with van der Waals surface area (Å²) >= 11 is 0. The number of imide groups is 1. The Morgan fingerprint density at radius 2 is 2.00 bits per heavy atom. The molecule has 122 valence electrons. The summed E-state index contributed by atoms with van der Waals surface area (Å²) in [6, 6.07) is 3.04. The zero-order chi connectivity index (χ0) is 16.7. The van der Waals surface area contributed by atoms with E-state index in [-0.39, 0.29) is 18.2 Å². The first-order valence-electron chi connectivity index (χ1n) is 7.45. The van der Waals surface area contributed by atoms with Crippen molar-refractivity contribution in [2.75, 3.05) is 26.1 Å². The first kappa shape index (κ1) is 15.3. The van der Waals surface area contributed by atoms with Gasteiger partial charge in [0, 0.05) is 32.6 Å². The van der Waals surface area contributed by atoms with Crippen LogP contribution in [0.15, 0.2) is 12.1 Å². The van der Waals surface area contributed by atoms with Gasteiger partial charge in [0.25, 0.3) is 5.91 Å². The van der Waals surface area contributed by atoms with Crippen molar-refractivity contribution in [1.29, 1.82) is 0 Å². The Morgan fingerprint density at radius 3 is 2.61 bits per heavy atom. The van der Waals surface area contributed by atoms with E-state index in [2.05, 4.69) is 5.32 Å². The molecule has 1 aromatic carbocycles. The molecule has 3 rings (SSSR count). The maximum atomic E-state index is 12.7. The van der Waals surface area contributed by atoms with Gasteiger partial charge in [0.05, 0.1) is 12.8 Å². The Morgan fingerprint density at radius 1 is 1.26 bits per heavy atom. The normalized spacial score (nSPS) is 20.4. The number of carbonyl (C=O) groups is 3. The van der Waals surface area contributed by atoms with Crippen molar-refractivity contribution in [3.8, 4) is 5.75 Å². The third kappa shape index (κ3) is 2.52. The van der Waals surface area contributed by atoms with Crippen LogP contribution < -0.4 is 15.0 Å². The average Bonchev–Trinajstić information content (AvgIpc) is 2.82. The number of nitrogens with one attached hydrogen (secondary N) is 1. The summed E-state index contributed by atoms with van der Waals surface area (Å²) in [4.78, 5) is 39.4. The largest absolute Gasteiger partial charge is 0.495 e. The van der Waals surface area contributed by atoms with Gasteiger partial charge in [-0.05, 0) is 24.1 Å². The molecular formula is C16H19N3O4. The fourth-order valence-corrected chi connectivity index (χ4v) is 3.10. The van der Waals surface area contributed by atoms with Crippen LogP contribution >= 0.6 is 0 Å². The maximum absolute atomic E-state index is 12.7. The summed E-state index contributed by atoms with van der Waals surface area (Å²) < 4.78 is 5.36. The average molecular weight is 317 g/mol. The molecule has 0 bridgehead atoms. The van der Waals surface area contributed by atoms with Gasteiger partial charge in [-0.1, -0.05) is 0 Å². The lowest BCUT2D eigenvalue weighted by atomic mass is 10.0. The van der Waals surface area contributed by atoms with Crippen molar-refractivity contribution in [1.82, 2.24) is 10.2 Å². The highest BCUT2D eigenvalue weighted by Crippen LogP contribution is 2.36. The molecule has 3 amide bonds. The van der Waals surface area contributed by atoms with Crippen LogP contribution in [0.5, 0.6) is 5.75 Å². The number of piperidine rings is 1. The van der Waals surface area contributed by atoms with Gasteiger partial charge < -0.3 is 14.5 Å². The fourth-order valence-electron chi connectivity index (χ4n) is 3.10. The molecule has 1 unspecified atom stereocenters. The molecule has 7 nitrogen and oxygen atoms in total. The highest BCUT2D eigenvalue weighted by molar-refractivity contribution is 6.05. The molecule has 0 spiro atoms. The van der Waals surface area contributed by atoms with Crippen LogP contribution in [0.25, 0.3) is 0 Å². The molecule has 0 radical (unpaired) electrons. The van der Waals surface area contributed by atoms with Crippen LogP contribution in [-0.2, 0) is 16.1 Å². The van der Waals surface area contributed by atoms with Crippen molar-refractivity contribution in [3.63, 3.8) is 0 Å². The Bertz CT molecular complexity index is 699. The molecule has 1 atom stereocenters. The number of amides is 3. The van der Waals surface area contributed by atoms with Gasteiger partial charge in [0.1, 0.15) is 11.8 Å². The highest BCUT2D eigenvalue weighted by Gasteiger charge is 2.39. The molecule has 1 aromatic rings. The number of anilines is 1. The fraction of sp³-hybridized carbons (Fsp3) is 0.438. The predicted molar refractivity (Wildman–Crippen MR) is 83.4 cm³/mol. The van der Waals surface area contributed by atoms with Crippen LogP contribution in [0.1, 0.15) is 28.8 Å². The highest BCUT2D eigenvalue weighted by atomic mass is 16.5. The van der Waals surface area contributed by atoms with Crippen LogP contribution in [0.3, 0.4) is 0 Å². The summed E-state index contributed by atoms with van der Waals surface area (Å²) in [6.45, 7) is 0.366. The first-order valence-corrected chi connectivity index (χ1v) is 7.45. The van der Waals surface area contributed by atoms with Gasteiger partial charge in [-0.2, -0.15) is 0 Å². The Hall–Kier alpha value is -2.57. The maximum Gasteiger partial charge on any atom is 0.255 e. The second kappa shape index (κ2) is 5.57. The molecule has 0 saturated carbocycles. The Labute approximate surface area is 134 Å². The summed E-state index contributed by atoms with van der Waals surface area (Å²) in [5.74, 6) is -0.264. The van der Waals surface area contributed by atoms with Gasteiger partial charge in [0.15, 0.2) is 0 Å². The minimum Gasteiger partial charge on any atom is -0.495 e. The van der Waals surface area contributed by atoms with Crippen LogP contribution in [0.2, 0.25) is 0 Å². The minimum atomic E-state index is -0.596. The van der Waals surface area contributed by atoms with Gasteiger partial charge in [-0.25, -0.2) is 0 Å². The van der Waals surface area contributed by atoms with Gasteiger partial charge >= 0.3 is 0 Å². The van der Waals surface area contributed by atoms with E-state index in [9.17, 15) is 14.4 Å². The molecule has 7 heteroatoms. The SMILES string of the molecule is COc1cc2c(cc1N(C)C)CN(C1CCC(=O)NC1=O)C2=O. The number of rotatable bonds is 3. The number of hydrogen-bond donors (Lipinski definition) is 1. The van der Waals surface area contributed by atoms with Crippen molar-refractivity contribution >= 4 is 23.4 Å². The first-order chi connectivity index (χ1) is 10.9. The summed E-state index contributed by atoms with van der Waals surface area (Å²) in [6.07, 6.45) is 0.616. The smallest absolute Gasteiger partial charge is 0.255 e. The molecular weight excluding hydrogens is 298 g/mol. The molecule has 1 saturated heterocycles. The van der Waals surface area contributed by atoms with E-state index in [0.717, 1.165) is 11.3 Å². The van der Waals surface area contributed by atoms with E-state index in [1.54, 1.807) is 13.2 Å². The molecule has 0 aliphatic carbocycles. The number of benzene rings is 1. The third-order valence-electron chi connectivity index (χ3n) is 4.30. The van der Waals surface area contributed by atoms with Gasteiger partial charge in [-0.3, -0.25) is 19.7 Å². The van der Waals surface area contributed by atoms with Crippen LogP contribution in [0, 0.1) is 0 Å². The third-order valence-corrected chi connectivity index (χ3v) is 4.30. The van der Waals surface area contributed by atoms with Gasteiger partial charge in [0.2, 0.25) is 11.8 Å². The van der Waals surface area contributed by atoms with E-state index in [1.807, 2.05) is 25.1 Å². The minimum absolute atomic E-state index is 0.196. The summed E-state index contributed by atoms with van der Waals surface area (Å²) in [7, 11) is 5.37. The van der Waals surface area contributed by atoms with E-state index in [0.29, 0.717) is 24.3 Å². The zero-order valence-corrected chi connectivity index (χ0v) is 13.4. The van der Waals surface area contributed by atoms with Crippen LogP contribution in [0.4, 0.5) is 5.69 Å². The van der Waals surface area contributed by atoms with Crippen molar-refractivity contribution < 1.29 is 19.1 Å². The molecule has 1 fully saturated rings.